The molecule has 2 aromatic carbocycles. The largest absolute Gasteiger partial charge is 0.382 e. The van der Waals surface area contributed by atoms with Crippen molar-refractivity contribution in [3.05, 3.63) is 76.1 Å². The summed E-state index contributed by atoms with van der Waals surface area (Å²) in [5, 5.41) is 41.8. The Morgan fingerprint density at radius 1 is 0.548 bits per heavy atom. The monoisotopic (exact) mass is 1030 g/mol. The number of hydrogen-bond donors (Lipinski definition) is 17. The van der Waals surface area contributed by atoms with E-state index >= 15 is 0 Å². The lowest BCUT2D eigenvalue weighted by Crippen LogP contribution is -2.42. The van der Waals surface area contributed by atoms with Crippen molar-refractivity contribution in [1.29, 1.82) is 16.2 Å². The first-order valence-corrected chi connectivity index (χ1v) is 25.2. The van der Waals surface area contributed by atoms with E-state index in [2.05, 4.69) is 52.1 Å². The van der Waals surface area contributed by atoms with Crippen LogP contribution in [0.25, 0.3) is 0 Å². The first-order valence-electron chi connectivity index (χ1n) is 24.8. The molecule has 73 heavy (non-hydrogen) atoms. The van der Waals surface area contributed by atoms with E-state index in [1.165, 1.54) is 0 Å². The van der Waals surface area contributed by atoms with Crippen LogP contribution in [0.3, 0.4) is 0 Å². The molecule has 0 unspecified atom stereocenters. The number of amides is 4. The summed E-state index contributed by atoms with van der Waals surface area (Å²) in [6, 6.07) is 13.7. The van der Waals surface area contributed by atoms with Gasteiger partial charge in [-0.05, 0) is 138 Å². The fourth-order valence-electron chi connectivity index (χ4n) is 7.49. The Balaban J connectivity index is 1.39. The predicted octanol–water partition coefficient (Wildman–Crippen LogP) is 0.289. The van der Waals surface area contributed by atoms with Crippen molar-refractivity contribution in [3.8, 4) is 0 Å². The number of carbonyl (C=O) groups excluding carboxylic acids is 4. The molecular weight excluding hydrogens is 956 g/mol. The molecule has 24 N–H and O–H groups in total. The molecule has 3 aromatic rings. The second-order valence-corrected chi connectivity index (χ2v) is 18.1. The van der Waals surface area contributed by atoms with E-state index in [4.69, 9.17) is 68.0 Å². The standard InChI is InChI=1S/C48H79ClN20O4/c49-39-41(54)67-40(53)38(66-39)45(73)68-48(59)64-24-4-1-10-31-14-16-33(17-15-31)30-37(52)44(72)65-34-20-18-32(19-21-34)11-7-27-69(28-8-25-60-42(70)35(50)12-2-5-22-62-46(55)56)29-9-26-61-43(71)36(51)13-3-6-23-63-47(57)58/h14-21,35-37H,1-13,22-30,50-52H2,(H,60,70)(H,61,71)(H,65,72)(H4,53,54,67)(H4,55,56,62)(H4,57,58,63)(H3,59,64,68,73)/t35-,36-,37-/m0/s1. The van der Waals surface area contributed by atoms with Crippen molar-refractivity contribution in [1.82, 2.24) is 46.8 Å². The molecule has 4 amide bonds. The number of anilines is 3. The fourth-order valence-corrected chi connectivity index (χ4v) is 7.62. The first-order chi connectivity index (χ1) is 34.9. The number of aryl methyl sites for hydroxylation is 2. The molecule has 0 radical (unpaired) electrons. The first kappa shape index (κ1) is 60.4. The molecule has 0 aliphatic heterocycles. The lowest BCUT2D eigenvalue weighted by molar-refractivity contribution is -0.123. The Kier molecular flexibility index (Phi) is 27.9. The molecule has 24 nitrogen and oxygen atoms in total. The molecule has 25 heteroatoms. The van der Waals surface area contributed by atoms with Gasteiger partial charge >= 0.3 is 0 Å². The molecule has 1 aromatic heterocycles. The minimum Gasteiger partial charge on any atom is -0.382 e. The van der Waals surface area contributed by atoms with E-state index in [0.717, 1.165) is 107 Å². The number of nitrogens with zero attached hydrogens (tertiary/aromatic N) is 3. The maximum absolute atomic E-state index is 13.1. The van der Waals surface area contributed by atoms with Crippen LogP contribution >= 0.6 is 11.6 Å². The van der Waals surface area contributed by atoms with Gasteiger partial charge in [0.1, 0.15) is 0 Å². The van der Waals surface area contributed by atoms with Gasteiger partial charge in [0, 0.05) is 38.4 Å². The molecule has 0 aliphatic rings. The van der Waals surface area contributed by atoms with Crippen LogP contribution in [0.15, 0.2) is 48.5 Å². The molecule has 1 heterocycles. The van der Waals surface area contributed by atoms with Crippen LogP contribution < -0.4 is 77.4 Å². The lowest BCUT2D eigenvalue weighted by atomic mass is 10.0. The van der Waals surface area contributed by atoms with E-state index in [1.54, 1.807) is 0 Å². The summed E-state index contributed by atoms with van der Waals surface area (Å²) >= 11 is 5.84. The van der Waals surface area contributed by atoms with Crippen molar-refractivity contribution >= 4 is 70.4 Å². The van der Waals surface area contributed by atoms with E-state index in [9.17, 15) is 19.2 Å². The minimum atomic E-state index is -0.756. The van der Waals surface area contributed by atoms with Gasteiger partial charge in [0.25, 0.3) is 5.91 Å². The second-order valence-electron chi connectivity index (χ2n) is 17.8. The topological polar surface area (TPSA) is 435 Å². The highest BCUT2D eigenvalue weighted by molar-refractivity contribution is 6.31. The number of unbranched alkanes of at least 4 members (excludes halogenated alkanes) is 3. The van der Waals surface area contributed by atoms with Crippen LogP contribution in [0.2, 0.25) is 5.15 Å². The average molecular weight is 1040 g/mol. The quantitative estimate of drug-likeness (QED) is 0.0217. The summed E-state index contributed by atoms with van der Waals surface area (Å²) < 4.78 is 0. The van der Waals surface area contributed by atoms with Crippen LogP contribution in [0, 0.1) is 16.2 Å². The van der Waals surface area contributed by atoms with Crippen LogP contribution in [-0.4, -0.2) is 127 Å². The van der Waals surface area contributed by atoms with Gasteiger partial charge in [-0.15, -0.1) is 0 Å². The van der Waals surface area contributed by atoms with E-state index in [0.29, 0.717) is 57.7 Å². The zero-order chi connectivity index (χ0) is 53.5. The SMILES string of the molecule is N=C(N)NCCCC[C@H](N)C(=O)NCCCN(CCCNC(=O)[C@@H](N)CCCCNC(=N)N)CCCc1ccc(NC(=O)[C@@H](N)Cc2ccc(CCCCNC(=N)NC(=O)c3nc(Cl)c(N)nc3N)cc2)cc1. The number of nitrogen functional groups attached to an aromatic ring is 2. The number of aromatic nitrogens is 2. The molecule has 0 bridgehead atoms. The van der Waals surface area contributed by atoms with Gasteiger partial charge in [-0.3, -0.25) is 40.7 Å². The molecule has 0 fully saturated rings. The molecular formula is C48H79ClN20O4. The lowest BCUT2D eigenvalue weighted by Gasteiger charge is -2.23. The third-order valence-corrected chi connectivity index (χ3v) is 11.9. The van der Waals surface area contributed by atoms with E-state index in [1.807, 2.05) is 48.5 Å². The van der Waals surface area contributed by atoms with Crippen LogP contribution in [0.1, 0.15) is 97.8 Å². The molecule has 402 valence electrons. The second kappa shape index (κ2) is 33.7. The van der Waals surface area contributed by atoms with Crippen molar-refractivity contribution < 1.29 is 19.2 Å². The number of guanidine groups is 3. The summed E-state index contributed by atoms with van der Waals surface area (Å²) in [5.41, 5.74) is 44.0. The molecule has 0 spiro atoms. The Labute approximate surface area is 433 Å². The molecule has 0 saturated carbocycles. The van der Waals surface area contributed by atoms with Crippen LogP contribution in [0.4, 0.5) is 17.3 Å². The normalized spacial score (nSPS) is 12.2. The van der Waals surface area contributed by atoms with Crippen molar-refractivity contribution in [3.63, 3.8) is 0 Å². The predicted molar refractivity (Wildman–Crippen MR) is 289 cm³/mol. The Morgan fingerprint density at radius 2 is 1.01 bits per heavy atom. The molecule has 0 aliphatic carbocycles. The van der Waals surface area contributed by atoms with Gasteiger partial charge < -0.3 is 76.9 Å². The van der Waals surface area contributed by atoms with Crippen LogP contribution in [-0.2, 0) is 33.6 Å². The maximum Gasteiger partial charge on any atom is 0.280 e. The summed E-state index contributed by atoms with van der Waals surface area (Å²) in [6.07, 6.45) is 9.86. The summed E-state index contributed by atoms with van der Waals surface area (Å²) in [6.45, 7) is 4.78. The average Bonchev–Trinajstić information content (AvgIpc) is 3.35. The number of halogens is 1. The van der Waals surface area contributed by atoms with Crippen molar-refractivity contribution in [2.75, 3.05) is 69.1 Å². The highest BCUT2D eigenvalue weighted by Crippen LogP contribution is 2.18. The van der Waals surface area contributed by atoms with Gasteiger partial charge in [0.05, 0.1) is 18.1 Å². The highest BCUT2D eigenvalue weighted by atomic mass is 35.5. The smallest absolute Gasteiger partial charge is 0.280 e. The number of benzene rings is 2. The zero-order valence-corrected chi connectivity index (χ0v) is 42.6. The molecule has 3 atom stereocenters. The summed E-state index contributed by atoms with van der Waals surface area (Å²) in [4.78, 5) is 60.6. The zero-order valence-electron chi connectivity index (χ0n) is 41.8. The Bertz CT molecular complexity index is 2170. The molecule has 3 rings (SSSR count). The number of nitrogens with one attached hydrogen (secondary N) is 10. The van der Waals surface area contributed by atoms with Gasteiger partial charge in [-0.2, -0.15) is 0 Å². The van der Waals surface area contributed by atoms with Gasteiger partial charge in [0.2, 0.25) is 17.7 Å². The Hall–Kier alpha value is -6.86. The third-order valence-electron chi connectivity index (χ3n) is 11.6. The highest BCUT2D eigenvalue weighted by Gasteiger charge is 2.19. The van der Waals surface area contributed by atoms with Gasteiger partial charge in [-0.1, -0.05) is 48.0 Å². The van der Waals surface area contributed by atoms with Crippen molar-refractivity contribution in [2.24, 2.45) is 28.7 Å². The number of carbonyl (C=O) groups is 4. The number of hydrogen-bond acceptors (Lipinski definition) is 15. The number of rotatable bonds is 34. The maximum atomic E-state index is 13.1. The number of nitrogens with two attached hydrogens (primary N) is 7. The third kappa shape index (κ3) is 25.4. The fraction of sp³-hybridized carbons (Fsp3) is 0.521. The van der Waals surface area contributed by atoms with Crippen molar-refractivity contribution in [2.45, 2.75) is 108 Å². The Morgan fingerprint density at radius 3 is 1.56 bits per heavy atom. The van der Waals surface area contributed by atoms with Gasteiger partial charge in [0.15, 0.2) is 40.4 Å². The van der Waals surface area contributed by atoms with E-state index < -0.39 is 24.0 Å². The van der Waals surface area contributed by atoms with Gasteiger partial charge in [-0.25, -0.2) is 9.97 Å². The summed E-state index contributed by atoms with van der Waals surface area (Å²) in [7, 11) is 0. The minimum absolute atomic E-state index is 0.0826. The summed E-state index contributed by atoms with van der Waals surface area (Å²) in [5.74, 6) is -2.07. The molecule has 0 saturated heterocycles. The van der Waals surface area contributed by atoms with Crippen LogP contribution in [0.5, 0.6) is 0 Å². The van der Waals surface area contributed by atoms with E-state index in [-0.39, 0.29) is 58.1 Å².